The first-order valence-electron chi connectivity index (χ1n) is 10.7. The molecular formula is C25H31N3O3. The summed E-state index contributed by atoms with van der Waals surface area (Å²) in [5.41, 5.74) is 4.74. The molecular weight excluding hydrogens is 390 g/mol. The van der Waals surface area contributed by atoms with Crippen LogP contribution in [-0.4, -0.2) is 29.4 Å². The number of hydrogen-bond donors (Lipinski definition) is 1. The summed E-state index contributed by atoms with van der Waals surface area (Å²) < 4.78 is 13.1. The molecule has 1 aromatic heterocycles. The van der Waals surface area contributed by atoms with Crippen molar-refractivity contribution >= 4 is 5.91 Å². The summed E-state index contributed by atoms with van der Waals surface area (Å²) in [6.07, 6.45) is 2.03. The Morgan fingerprint density at radius 2 is 1.87 bits per heavy atom. The summed E-state index contributed by atoms with van der Waals surface area (Å²) >= 11 is 0. The van der Waals surface area contributed by atoms with Gasteiger partial charge in [0, 0.05) is 23.4 Å². The molecule has 3 rings (SSSR count). The normalized spacial score (nSPS) is 10.7. The lowest BCUT2D eigenvalue weighted by atomic mass is 10.1. The molecule has 0 aliphatic carbocycles. The van der Waals surface area contributed by atoms with Gasteiger partial charge in [-0.05, 0) is 44.0 Å². The molecule has 0 bridgehead atoms. The van der Waals surface area contributed by atoms with Crippen molar-refractivity contribution in [2.45, 2.75) is 46.7 Å². The highest BCUT2D eigenvalue weighted by Gasteiger charge is 2.15. The van der Waals surface area contributed by atoms with Gasteiger partial charge in [-0.3, -0.25) is 9.48 Å². The van der Waals surface area contributed by atoms with E-state index in [9.17, 15) is 4.79 Å². The van der Waals surface area contributed by atoms with Crippen molar-refractivity contribution in [3.05, 3.63) is 76.6 Å². The van der Waals surface area contributed by atoms with E-state index in [1.807, 2.05) is 36.7 Å². The van der Waals surface area contributed by atoms with E-state index in [-0.39, 0.29) is 5.91 Å². The minimum atomic E-state index is -0.159. The molecule has 0 aliphatic rings. The largest absolute Gasteiger partial charge is 0.493 e. The highest BCUT2D eigenvalue weighted by molar-refractivity contribution is 5.94. The summed E-state index contributed by atoms with van der Waals surface area (Å²) in [5.74, 6) is 1.06. The summed E-state index contributed by atoms with van der Waals surface area (Å²) in [6.45, 7) is 7.88. The van der Waals surface area contributed by atoms with Gasteiger partial charge in [-0.15, -0.1) is 0 Å². The number of aromatic nitrogens is 2. The van der Waals surface area contributed by atoms with Crippen molar-refractivity contribution in [2.24, 2.45) is 0 Å². The maximum Gasteiger partial charge on any atom is 0.251 e. The van der Waals surface area contributed by atoms with Gasteiger partial charge in [0.15, 0.2) is 11.5 Å². The molecule has 3 aromatic rings. The Kier molecular flexibility index (Phi) is 7.70. The number of carbonyl (C=O) groups is 1. The third-order valence-electron chi connectivity index (χ3n) is 5.31. The zero-order valence-electron chi connectivity index (χ0n) is 18.8. The van der Waals surface area contributed by atoms with Gasteiger partial charge >= 0.3 is 0 Å². The fraction of sp³-hybridized carbons (Fsp3) is 0.360. The molecule has 0 radical (unpaired) electrons. The van der Waals surface area contributed by atoms with Crippen molar-refractivity contribution in [1.82, 2.24) is 15.1 Å². The van der Waals surface area contributed by atoms with E-state index in [2.05, 4.69) is 29.5 Å². The minimum Gasteiger partial charge on any atom is -0.493 e. The molecule has 1 heterocycles. The number of rotatable bonds is 10. The van der Waals surface area contributed by atoms with Gasteiger partial charge in [0.25, 0.3) is 5.91 Å². The Morgan fingerprint density at radius 3 is 2.58 bits per heavy atom. The summed E-state index contributed by atoms with van der Waals surface area (Å²) in [5, 5.41) is 7.67. The topological polar surface area (TPSA) is 65.4 Å². The van der Waals surface area contributed by atoms with Crippen LogP contribution in [0.2, 0.25) is 0 Å². The lowest BCUT2D eigenvalue weighted by Gasteiger charge is -2.12. The fourth-order valence-corrected chi connectivity index (χ4v) is 3.43. The van der Waals surface area contributed by atoms with Gasteiger partial charge in [-0.1, -0.05) is 43.7 Å². The van der Waals surface area contributed by atoms with Crippen LogP contribution in [0.15, 0.2) is 48.5 Å². The second-order valence-corrected chi connectivity index (χ2v) is 7.54. The van der Waals surface area contributed by atoms with Gasteiger partial charge in [0.1, 0.15) is 0 Å². The molecule has 0 atom stereocenters. The van der Waals surface area contributed by atoms with E-state index >= 15 is 0 Å². The van der Waals surface area contributed by atoms with Crippen LogP contribution < -0.4 is 14.8 Å². The van der Waals surface area contributed by atoms with E-state index in [1.165, 1.54) is 5.56 Å². The van der Waals surface area contributed by atoms with Gasteiger partial charge in [-0.2, -0.15) is 5.10 Å². The molecule has 0 saturated heterocycles. The quantitative estimate of drug-likeness (QED) is 0.483. The third kappa shape index (κ3) is 5.66. The van der Waals surface area contributed by atoms with Crippen LogP contribution in [0.1, 0.15) is 52.6 Å². The maximum atomic E-state index is 12.7. The number of nitrogens with zero attached hydrogens (tertiary/aromatic N) is 2. The molecule has 6 nitrogen and oxygen atoms in total. The van der Waals surface area contributed by atoms with Crippen molar-refractivity contribution < 1.29 is 14.3 Å². The van der Waals surface area contributed by atoms with Crippen LogP contribution >= 0.6 is 0 Å². The standard InChI is InChI=1S/C25H31N3O3/c1-5-6-14-31-23-13-12-21(15-24(23)30-4)25(29)26-16-22-18(2)27-28(19(22)3)17-20-10-8-7-9-11-20/h7-13,15H,5-6,14,16-17H2,1-4H3,(H,26,29). The first kappa shape index (κ1) is 22.4. The van der Waals surface area contributed by atoms with E-state index in [0.29, 0.717) is 36.8 Å². The second kappa shape index (κ2) is 10.7. The summed E-state index contributed by atoms with van der Waals surface area (Å²) in [4.78, 5) is 12.7. The monoisotopic (exact) mass is 421 g/mol. The molecule has 1 N–H and O–H groups in total. The molecule has 0 aliphatic heterocycles. The predicted molar refractivity (Wildman–Crippen MR) is 122 cm³/mol. The number of ether oxygens (including phenoxy) is 2. The molecule has 31 heavy (non-hydrogen) atoms. The number of aryl methyl sites for hydroxylation is 1. The van der Waals surface area contributed by atoms with Gasteiger partial charge in [0.05, 0.1) is 26.0 Å². The van der Waals surface area contributed by atoms with Crippen LogP contribution in [0.25, 0.3) is 0 Å². The van der Waals surface area contributed by atoms with Crippen molar-refractivity contribution in [3.8, 4) is 11.5 Å². The zero-order valence-corrected chi connectivity index (χ0v) is 18.8. The average Bonchev–Trinajstić information content (AvgIpc) is 3.05. The fourth-order valence-electron chi connectivity index (χ4n) is 3.43. The highest BCUT2D eigenvalue weighted by atomic mass is 16.5. The number of benzene rings is 2. The predicted octanol–water partition coefficient (Wildman–Crippen LogP) is 4.67. The third-order valence-corrected chi connectivity index (χ3v) is 5.31. The van der Waals surface area contributed by atoms with Crippen LogP contribution in [-0.2, 0) is 13.1 Å². The van der Waals surface area contributed by atoms with Crippen LogP contribution in [0, 0.1) is 13.8 Å². The lowest BCUT2D eigenvalue weighted by molar-refractivity contribution is 0.0950. The van der Waals surface area contributed by atoms with E-state index in [4.69, 9.17) is 9.47 Å². The van der Waals surface area contributed by atoms with Crippen LogP contribution in [0.5, 0.6) is 11.5 Å². The molecule has 0 fully saturated rings. The Bertz CT molecular complexity index is 1010. The van der Waals surface area contributed by atoms with Crippen LogP contribution in [0.3, 0.4) is 0 Å². The van der Waals surface area contributed by atoms with E-state index in [0.717, 1.165) is 29.8 Å². The lowest BCUT2D eigenvalue weighted by Crippen LogP contribution is -2.23. The van der Waals surface area contributed by atoms with Crippen molar-refractivity contribution in [2.75, 3.05) is 13.7 Å². The van der Waals surface area contributed by atoms with Gasteiger partial charge < -0.3 is 14.8 Å². The Balaban J connectivity index is 1.66. The van der Waals surface area contributed by atoms with Crippen molar-refractivity contribution in [3.63, 3.8) is 0 Å². The van der Waals surface area contributed by atoms with Crippen molar-refractivity contribution in [1.29, 1.82) is 0 Å². The molecule has 164 valence electrons. The number of amides is 1. The number of nitrogens with one attached hydrogen (secondary N) is 1. The molecule has 0 spiro atoms. The molecule has 6 heteroatoms. The van der Waals surface area contributed by atoms with E-state index < -0.39 is 0 Å². The van der Waals surface area contributed by atoms with Gasteiger partial charge in [0.2, 0.25) is 0 Å². The zero-order chi connectivity index (χ0) is 22.2. The summed E-state index contributed by atoms with van der Waals surface area (Å²) in [7, 11) is 1.58. The van der Waals surface area contributed by atoms with Gasteiger partial charge in [-0.25, -0.2) is 0 Å². The number of methoxy groups -OCH3 is 1. The first-order chi connectivity index (χ1) is 15.0. The Labute approximate surface area is 184 Å². The second-order valence-electron chi connectivity index (χ2n) is 7.54. The first-order valence-corrected chi connectivity index (χ1v) is 10.7. The average molecular weight is 422 g/mol. The van der Waals surface area contributed by atoms with E-state index in [1.54, 1.807) is 25.3 Å². The molecule has 0 saturated carbocycles. The summed E-state index contributed by atoms with van der Waals surface area (Å²) in [6, 6.07) is 15.5. The minimum absolute atomic E-state index is 0.159. The number of carbonyl (C=O) groups excluding carboxylic acids is 1. The highest BCUT2D eigenvalue weighted by Crippen LogP contribution is 2.28. The SMILES string of the molecule is CCCCOc1ccc(C(=O)NCc2c(C)nn(Cc3ccccc3)c2C)cc1OC. The number of hydrogen-bond acceptors (Lipinski definition) is 4. The molecule has 0 unspecified atom stereocenters. The Hall–Kier alpha value is -3.28. The molecule has 1 amide bonds. The smallest absolute Gasteiger partial charge is 0.251 e. The number of unbranched alkanes of at least 4 members (excludes halogenated alkanes) is 1. The molecule has 2 aromatic carbocycles. The maximum absolute atomic E-state index is 12.7. The Morgan fingerprint density at radius 1 is 1.10 bits per heavy atom. The van der Waals surface area contributed by atoms with Crippen LogP contribution in [0.4, 0.5) is 0 Å².